The Bertz CT molecular complexity index is 1440. The zero-order valence-electron chi connectivity index (χ0n) is 19.2. The maximum absolute atomic E-state index is 12.7. The molecule has 4 aromatic rings. The number of carbonyl (C=O) groups is 2. The fourth-order valence-corrected chi connectivity index (χ4v) is 5.07. The molecule has 2 aliphatic heterocycles. The van der Waals surface area contributed by atoms with Crippen LogP contribution >= 0.6 is 0 Å². The number of amides is 2. The van der Waals surface area contributed by atoms with Crippen LogP contribution in [0.2, 0.25) is 0 Å². The third-order valence-corrected chi connectivity index (χ3v) is 6.90. The van der Waals surface area contributed by atoms with Crippen LogP contribution in [0, 0.1) is 5.92 Å². The first kappa shape index (κ1) is 20.6. The van der Waals surface area contributed by atoms with Crippen molar-refractivity contribution in [2.75, 3.05) is 25.0 Å². The molecular formula is C27H25N5O2. The minimum atomic E-state index is 0.0213. The summed E-state index contributed by atoms with van der Waals surface area (Å²) in [5.41, 5.74) is 6.45. The summed E-state index contributed by atoms with van der Waals surface area (Å²) in [7, 11) is 1.83. The molecule has 34 heavy (non-hydrogen) atoms. The van der Waals surface area contributed by atoms with Crippen LogP contribution in [0.4, 0.5) is 5.69 Å². The second kappa shape index (κ2) is 7.80. The second-order valence-electron chi connectivity index (χ2n) is 9.33. The van der Waals surface area contributed by atoms with E-state index in [1.165, 1.54) is 0 Å². The van der Waals surface area contributed by atoms with Gasteiger partial charge in [0.1, 0.15) is 11.3 Å². The van der Waals surface area contributed by atoms with Crippen molar-refractivity contribution in [3.05, 3.63) is 66.7 Å². The summed E-state index contributed by atoms with van der Waals surface area (Å²) in [5.74, 6) is 0.597. The molecule has 6 rings (SSSR count). The van der Waals surface area contributed by atoms with Crippen molar-refractivity contribution >= 4 is 28.5 Å². The molecule has 2 aliphatic rings. The van der Waals surface area contributed by atoms with Crippen LogP contribution in [-0.4, -0.2) is 51.4 Å². The van der Waals surface area contributed by atoms with Crippen molar-refractivity contribution in [3.8, 4) is 22.3 Å². The van der Waals surface area contributed by atoms with Crippen molar-refractivity contribution in [3.63, 3.8) is 0 Å². The van der Waals surface area contributed by atoms with E-state index in [0.29, 0.717) is 24.6 Å². The third-order valence-electron chi connectivity index (χ3n) is 6.90. The van der Waals surface area contributed by atoms with Gasteiger partial charge in [-0.05, 0) is 47.4 Å². The molecule has 1 aromatic carbocycles. The highest BCUT2D eigenvalue weighted by molar-refractivity contribution is 6.03. The van der Waals surface area contributed by atoms with Gasteiger partial charge in [-0.2, -0.15) is 0 Å². The van der Waals surface area contributed by atoms with Crippen LogP contribution in [0.5, 0.6) is 0 Å². The monoisotopic (exact) mass is 451 g/mol. The molecule has 7 heteroatoms. The van der Waals surface area contributed by atoms with E-state index in [1.807, 2.05) is 65.3 Å². The van der Waals surface area contributed by atoms with Gasteiger partial charge in [-0.25, -0.2) is 4.98 Å². The Balaban J connectivity index is 1.37. The molecule has 1 saturated heterocycles. The number of rotatable bonds is 3. The van der Waals surface area contributed by atoms with Crippen molar-refractivity contribution in [1.29, 1.82) is 0 Å². The lowest BCUT2D eigenvalue weighted by Crippen LogP contribution is -2.36. The summed E-state index contributed by atoms with van der Waals surface area (Å²) < 4.78 is 2.01. The van der Waals surface area contributed by atoms with Crippen LogP contribution in [-0.2, 0) is 11.3 Å². The van der Waals surface area contributed by atoms with E-state index >= 15 is 0 Å². The number of anilines is 1. The Kier molecular flexibility index (Phi) is 4.72. The molecule has 0 saturated carbocycles. The van der Waals surface area contributed by atoms with Gasteiger partial charge in [-0.1, -0.05) is 19.1 Å². The summed E-state index contributed by atoms with van der Waals surface area (Å²) >= 11 is 0. The number of benzene rings is 1. The Hall–Kier alpha value is -4.00. The lowest BCUT2D eigenvalue weighted by molar-refractivity contribution is -0.117. The Morgan fingerprint density at radius 2 is 1.74 bits per heavy atom. The van der Waals surface area contributed by atoms with Gasteiger partial charge < -0.3 is 14.4 Å². The molecule has 170 valence electrons. The summed E-state index contributed by atoms with van der Waals surface area (Å²) in [6.07, 6.45) is 6.10. The van der Waals surface area contributed by atoms with E-state index in [4.69, 9.17) is 0 Å². The van der Waals surface area contributed by atoms with Gasteiger partial charge in [0.2, 0.25) is 5.91 Å². The molecule has 0 aliphatic carbocycles. The van der Waals surface area contributed by atoms with E-state index in [2.05, 4.69) is 23.0 Å². The zero-order valence-corrected chi connectivity index (χ0v) is 19.2. The van der Waals surface area contributed by atoms with E-state index in [1.54, 1.807) is 11.1 Å². The van der Waals surface area contributed by atoms with Gasteiger partial charge in [-0.15, -0.1) is 0 Å². The highest BCUT2D eigenvalue weighted by atomic mass is 16.2. The fraction of sp³-hybridized carbons (Fsp3) is 0.259. The Morgan fingerprint density at radius 3 is 2.50 bits per heavy atom. The summed E-state index contributed by atoms with van der Waals surface area (Å²) in [6, 6.07) is 14.1. The van der Waals surface area contributed by atoms with E-state index in [-0.39, 0.29) is 11.8 Å². The number of carbonyl (C=O) groups excluding carboxylic acids is 2. The van der Waals surface area contributed by atoms with Crippen LogP contribution < -0.4 is 4.90 Å². The zero-order chi connectivity index (χ0) is 23.4. The number of aromatic nitrogens is 3. The molecule has 0 spiro atoms. The first-order valence-electron chi connectivity index (χ1n) is 11.6. The Morgan fingerprint density at radius 1 is 0.941 bits per heavy atom. The highest BCUT2D eigenvalue weighted by Gasteiger charge is 2.28. The van der Waals surface area contributed by atoms with Gasteiger partial charge in [0.15, 0.2) is 0 Å². The second-order valence-corrected chi connectivity index (χ2v) is 9.33. The topological polar surface area (TPSA) is 71.3 Å². The van der Waals surface area contributed by atoms with Gasteiger partial charge in [-0.3, -0.25) is 14.6 Å². The average molecular weight is 452 g/mol. The number of hydrogen-bond donors (Lipinski definition) is 0. The van der Waals surface area contributed by atoms with Gasteiger partial charge in [0.05, 0.1) is 0 Å². The predicted molar refractivity (Wildman–Crippen MR) is 131 cm³/mol. The number of hydrogen-bond acceptors (Lipinski definition) is 4. The molecule has 0 bridgehead atoms. The maximum atomic E-state index is 12.7. The van der Waals surface area contributed by atoms with Crippen molar-refractivity contribution in [1.82, 2.24) is 19.4 Å². The molecule has 0 radical (unpaired) electrons. The number of pyridine rings is 2. The minimum Gasteiger partial charge on any atom is -0.339 e. The summed E-state index contributed by atoms with van der Waals surface area (Å²) in [5, 5.41) is 0.956. The van der Waals surface area contributed by atoms with Gasteiger partial charge in [0, 0.05) is 73.9 Å². The van der Waals surface area contributed by atoms with Crippen LogP contribution in [0.1, 0.15) is 23.8 Å². The normalized spacial score (nSPS) is 18.1. The van der Waals surface area contributed by atoms with Crippen LogP contribution in [0.25, 0.3) is 33.3 Å². The lowest BCUT2D eigenvalue weighted by Gasteiger charge is -2.24. The van der Waals surface area contributed by atoms with Crippen molar-refractivity contribution in [2.24, 2.45) is 5.92 Å². The molecule has 5 heterocycles. The molecular weight excluding hydrogens is 426 g/mol. The number of likely N-dealkylation sites (N-methyl/N-ethyl adjacent to an activating group) is 1. The Labute approximate surface area is 197 Å². The number of nitrogens with zero attached hydrogens (tertiary/aromatic N) is 5. The molecule has 1 atom stereocenters. The molecule has 3 aromatic heterocycles. The molecule has 0 unspecified atom stereocenters. The standard InChI is InChI=1S/C27H25N5O2/c1-17-11-25(33)32(16-17)21-5-3-18(4-6-21)19-12-20(15-28-14-19)22-7-8-29-26-23(22)13-24-27(34)30(2)9-10-31(24)26/h3-8,12-15,17H,9-11,16H2,1-2H3/t17-/m1/s1. The average Bonchev–Trinajstić information content (AvgIpc) is 3.41. The molecule has 1 fully saturated rings. The predicted octanol–water partition coefficient (Wildman–Crippen LogP) is 4.22. The number of fused-ring (bicyclic) bond motifs is 3. The van der Waals surface area contributed by atoms with E-state index < -0.39 is 0 Å². The summed E-state index contributed by atoms with van der Waals surface area (Å²) in [6.45, 7) is 4.29. The van der Waals surface area contributed by atoms with Gasteiger partial charge in [0.25, 0.3) is 5.91 Å². The van der Waals surface area contributed by atoms with Crippen molar-refractivity contribution < 1.29 is 9.59 Å². The van der Waals surface area contributed by atoms with Crippen LogP contribution in [0.15, 0.2) is 61.1 Å². The first-order chi connectivity index (χ1) is 16.5. The van der Waals surface area contributed by atoms with Crippen molar-refractivity contribution in [2.45, 2.75) is 19.9 Å². The molecule has 0 N–H and O–H groups in total. The SMILES string of the molecule is C[C@@H]1CC(=O)N(c2ccc(-c3cncc(-c4ccnc5c4cc4n5CCN(C)C4=O)c3)cc2)C1. The smallest absolute Gasteiger partial charge is 0.270 e. The lowest BCUT2D eigenvalue weighted by atomic mass is 10.0. The van der Waals surface area contributed by atoms with Crippen LogP contribution in [0.3, 0.4) is 0 Å². The largest absolute Gasteiger partial charge is 0.339 e. The molecule has 2 amide bonds. The molecule has 7 nitrogen and oxygen atoms in total. The quantitative estimate of drug-likeness (QED) is 0.468. The highest BCUT2D eigenvalue weighted by Crippen LogP contribution is 2.34. The van der Waals surface area contributed by atoms with E-state index in [9.17, 15) is 9.59 Å². The fourth-order valence-electron chi connectivity index (χ4n) is 5.07. The minimum absolute atomic E-state index is 0.0213. The maximum Gasteiger partial charge on any atom is 0.270 e. The van der Waals surface area contributed by atoms with Gasteiger partial charge >= 0.3 is 0 Å². The van der Waals surface area contributed by atoms with E-state index in [0.717, 1.165) is 52.1 Å². The third kappa shape index (κ3) is 3.27. The summed E-state index contributed by atoms with van der Waals surface area (Å²) in [4.78, 5) is 37.6. The first-order valence-corrected chi connectivity index (χ1v) is 11.6.